The first-order chi connectivity index (χ1) is 11.9. The van der Waals surface area contributed by atoms with Crippen LogP contribution in [0.5, 0.6) is 0 Å². The number of pyridine rings is 1. The number of benzene rings is 1. The van der Waals surface area contributed by atoms with Gasteiger partial charge in [0.25, 0.3) is 5.56 Å². The minimum absolute atomic E-state index is 0.0861. The van der Waals surface area contributed by atoms with E-state index in [2.05, 4.69) is 26.2 Å². The van der Waals surface area contributed by atoms with Gasteiger partial charge < -0.3 is 15.2 Å². The maximum Gasteiger partial charge on any atom is 0.271 e. The van der Waals surface area contributed by atoms with E-state index in [1.807, 2.05) is 32.0 Å². The Kier molecular flexibility index (Phi) is 4.76. The summed E-state index contributed by atoms with van der Waals surface area (Å²) in [6.07, 6.45) is 1.63. The third kappa shape index (κ3) is 3.51. The van der Waals surface area contributed by atoms with Crippen LogP contribution in [0.3, 0.4) is 0 Å². The van der Waals surface area contributed by atoms with Crippen molar-refractivity contribution in [3.05, 3.63) is 56.4 Å². The number of aryl methyl sites for hydroxylation is 1. The molecule has 2 amide bonds. The zero-order chi connectivity index (χ0) is 18.1. The van der Waals surface area contributed by atoms with E-state index in [1.165, 1.54) is 12.3 Å². The molecular weight excluding hydrogens is 386 g/mol. The zero-order valence-electron chi connectivity index (χ0n) is 13.9. The molecule has 1 saturated heterocycles. The number of halogens is 1. The predicted octanol–water partition coefficient (Wildman–Crippen LogP) is 2.75. The molecule has 0 bridgehead atoms. The van der Waals surface area contributed by atoms with Crippen LogP contribution in [-0.2, 0) is 9.59 Å². The molecule has 1 unspecified atom stereocenters. The molecule has 6 nitrogen and oxygen atoms in total. The number of rotatable bonds is 3. The lowest BCUT2D eigenvalue weighted by Crippen LogP contribution is -2.30. The fraction of sp³-hybridized carbons (Fsp3) is 0.278. The van der Waals surface area contributed by atoms with Crippen LogP contribution in [-0.4, -0.2) is 23.3 Å². The van der Waals surface area contributed by atoms with E-state index in [0.29, 0.717) is 11.0 Å². The Labute approximate surface area is 153 Å². The average Bonchev–Trinajstić information content (AvgIpc) is 2.95. The third-order valence-electron chi connectivity index (χ3n) is 4.49. The predicted molar refractivity (Wildman–Crippen MR) is 99.8 cm³/mol. The number of aromatic nitrogens is 1. The molecule has 0 saturated carbocycles. The lowest BCUT2D eigenvalue weighted by Gasteiger charge is -2.20. The van der Waals surface area contributed by atoms with Crippen molar-refractivity contribution in [3.63, 3.8) is 0 Å². The zero-order valence-corrected chi connectivity index (χ0v) is 15.5. The first-order valence-electron chi connectivity index (χ1n) is 7.92. The first kappa shape index (κ1) is 17.4. The second-order valence-corrected chi connectivity index (χ2v) is 7.09. The van der Waals surface area contributed by atoms with E-state index in [1.54, 1.807) is 4.90 Å². The molecule has 0 aliphatic carbocycles. The highest BCUT2D eigenvalue weighted by Gasteiger charge is 2.36. The number of carbonyl (C=O) groups is 2. The minimum Gasteiger partial charge on any atom is -0.326 e. The normalized spacial score (nSPS) is 17.0. The highest BCUT2D eigenvalue weighted by atomic mass is 79.9. The van der Waals surface area contributed by atoms with Crippen molar-refractivity contribution in [1.29, 1.82) is 0 Å². The molecule has 25 heavy (non-hydrogen) atoms. The van der Waals surface area contributed by atoms with Crippen molar-refractivity contribution >= 4 is 39.1 Å². The summed E-state index contributed by atoms with van der Waals surface area (Å²) in [5, 5.41) is 2.62. The van der Waals surface area contributed by atoms with Crippen molar-refractivity contribution in [3.8, 4) is 0 Å². The molecule has 1 atom stereocenters. The van der Waals surface area contributed by atoms with E-state index >= 15 is 0 Å². The van der Waals surface area contributed by atoms with Crippen LogP contribution in [0.15, 0.2) is 39.7 Å². The second kappa shape index (κ2) is 6.84. The highest BCUT2D eigenvalue weighted by molar-refractivity contribution is 9.10. The molecule has 1 aliphatic rings. The Morgan fingerprint density at radius 2 is 2.08 bits per heavy atom. The second-order valence-electron chi connectivity index (χ2n) is 6.17. The number of amides is 2. The molecule has 2 heterocycles. The molecule has 0 spiro atoms. The lowest BCUT2D eigenvalue weighted by atomic mass is 10.1. The quantitative estimate of drug-likeness (QED) is 0.826. The molecule has 2 aromatic rings. The van der Waals surface area contributed by atoms with E-state index in [-0.39, 0.29) is 29.5 Å². The van der Waals surface area contributed by atoms with E-state index < -0.39 is 5.92 Å². The van der Waals surface area contributed by atoms with Gasteiger partial charge in [-0.15, -0.1) is 0 Å². The summed E-state index contributed by atoms with van der Waals surface area (Å²) in [5.41, 5.74) is 2.74. The topological polar surface area (TPSA) is 82.3 Å². The van der Waals surface area contributed by atoms with Crippen LogP contribution >= 0.6 is 15.9 Å². The van der Waals surface area contributed by atoms with Crippen molar-refractivity contribution < 1.29 is 9.59 Å². The van der Waals surface area contributed by atoms with Crippen LogP contribution in [0.1, 0.15) is 17.5 Å². The van der Waals surface area contributed by atoms with Crippen molar-refractivity contribution in [2.75, 3.05) is 16.8 Å². The highest BCUT2D eigenvalue weighted by Crippen LogP contribution is 2.29. The van der Waals surface area contributed by atoms with Gasteiger partial charge in [0.1, 0.15) is 5.69 Å². The minimum atomic E-state index is -0.495. The molecule has 130 valence electrons. The Bertz CT molecular complexity index is 907. The molecule has 1 aliphatic heterocycles. The van der Waals surface area contributed by atoms with E-state index in [0.717, 1.165) is 16.8 Å². The monoisotopic (exact) mass is 403 g/mol. The summed E-state index contributed by atoms with van der Waals surface area (Å²) in [5.74, 6) is -0.910. The summed E-state index contributed by atoms with van der Waals surface area (Å²) in [6, 6.07) is 7.32. The SMILES string of the molecule is Cc1cccc(N2CC(C(=O)Nc3cc(Br)c[nH]c3=O)CC2=O)c1C. The number of carbonyl (C=O) groups excluding carboxylic acids is 2. The van der Waals surface area contributed by atoms with Crippen LogP contribution < -0.4 is 15.8 Å². The molecule has 0 radical (unpaired) electrons. The van der Waals surface area contributed by atoms with Crippen LogP contribution in [0, 0.1) is 19.8 Å². The molecule has 1 fully saturated rings. The van der Waals surface area contributed by atoms with Gasteiger partial charge >= 0.3 is 0 Å². The Balaban J connectivity index is 1.78. The number of nitrogens with zero attached hydrogens (tertiary/aromatic N) is 1. The molecule has 7 heteroatoms. The lowest BCUT2D eigenvalue weighted by molar-refractivity contribution is -0.122. The maximum absolute atomic E-state index is 12.5. The van der Waals surface area contributed by atoms with Gasteiger partial charge in [-0.3, -0.25) is 14.4 Å². The number of aromatic amines is 1. The number of hydrogen-bond donors (Lipinski definition) is 2. The number of nitrogens with one attached hydrogen (secondary N) is 2. The van der Waals surface area contributed by atoms with Crippen LogP contribution in [0.2, 0.25) is 0 Å². The smallest absolute Gasteiger partial charge is 0.271 e. The van der Waals surface area contributed by atoms with Crippen molar-refractivity contribution in [2.45, 2.75) is 20.3 Å². The van der Waals surface area contributed by atoms with Crippen molar-refractivity contribution in [1.82, 2.24) is 4.98 Å². The Morgan fingerprint density at radius 1 is 1.32 bits per heavy atom. The van der Waals surface area contributed by atoms with Gasteiger partial charge in [0.05, 0.1) is 5.92 Å². The number of anilines is 2. The van der Waals surface area contributed by atoms with Gasteiger partial charge in [-0.2, -0.15) is 0 Å². The molecule has 2 N–H and O–H groups in total. The maximum atomic E-state index is 12.5. The average molecular weight is 404 g/mol. The van der Waals surface area contributed by atoms with Gasteiger partial charge in [0.15, 0.2) is 0 Å². The summed E-state index contributed by atoms with van der Waals surface area (Å²) < 4.78 is 0.655. The van der Waals surface area contributed by atoms with Gasteiger partial charge in [-0.05, 0) is 53.0 Å². The molecule has 1 aromatic heterocycles. The molecule has 3 rings (SSSR count). The van der Waals surface area contributed by atoms with Gasteiger partial charge in [-0.1, -0.05) is 12.1 Å². The van der Waals surface area contributed by atoms with Gasteiger partial charge in [0.2, 0.25) is 11.8 Å². The largest absolute Gasteiger partial charge is 0.326 e. The summed E-state index contributed by atoms with van der Waals surface area (Å²) >= 11 is 3.25. The van der Waals surface area contributed by atoms with Gasteiger partial charge in [0, 0.05) is 29.3 Å². The summed E-state index contributed by atoms with van der Waals surface area (Å²) in [6.45, 7) is 4.26. The number of H-pyrrole nitrogens is 1. The first-order valence-corrected chi connectivity index (χ1v) is 8.72. The molecule has 1 aromatic carbocycles. The molecular formula is C18H18BrN3O3. The van der Waals surface area contributed by atoms with E-state index in [4.69, 9.17) is 0 Å². The Morgan fingerprint density at radius 3 is 2.84 bits per heavy atom. The fourth-order valence-electron chi connectivity index (χ4n) is 2.93. The fourth-order valence-corrected chi connectivity index (χ4v) is 3.27. The van der Waals surface area contributed by atoms with Gasteiger partial charge in [-0.25, -0.2) is 0 Å². The Hall–Kier alpha value is -2.41. The van der Waals surface area contributed by atoms with Crippen LogP contribution in [0.4, 0.5) is 11.4 Å². The van der Waals surface area contributed by atoms with E-state index in [9.17, 15) is 14.4 Å². The standard InChI is InChI=1S/C18H18BrN3O3/c1-10-4-3-5-15(11(10)2)22-9-12(6-16(22)23)17(24)21-14-7-13(19)8-20-18(14)25/h3-5,7-8,12H,6,9H2,1-2H3,(H,20,25)(H,21,24). The van der Waals surface area contributed by atoms with Crippen molar-refractivity contribution in [2.24, 2.45) is 5.92 Å². The summed E-state index contributed by atoms with van der Waals surface area (Å²) in [7, 11) is 0. The third-order valence-corrected chi connectivity index (χ3v) is 4.95. The summed E-state index contributed by atoms with van der Waals surface area (Å²) in [4.78, 5) is 40.9. The van der Waals surface area contributed by atoms with Crippen LogP contribution in [0.25, 0.3) is 0 Å². The number of hydrogen-bond acceptors (Lipinski definition) is 3.